The SMILES string of the molecule is O=C1C[C@@H]2C(=O)[C@H]1[C@H](C(=O)O)[C@H]2C(=O)O. The molecule has 6 nitrogen and oxygen atoms in total. The summed E-state index contributed by atoms with van der Waals surface area (Å²) in [4.78, 5) is 44.4. The van der Waals surface area contributed by atoms with Gasteiger partial charge >= 0.3 is 11.9 Å². The lowest BCUT2D eigenvalue weighted by atomic mass is 9.79. The summed E-state index contributed by atoms with van der Waals surface area (Å²) in [5, 5.41) is 17.7. The van der Waals surface area contributed by atoms with Gasteiger partial charge in [0.2, 0.25) is 0 Å². The molecule has 2 bridgehead atoms. The molecule has 0 amide bonds. The van der Waals surface area contributed by atoms with Crippen LogP contribution in [-0.4, -0.2) is 33.7 Å². The molecule has 15 heavy (non-hydrogen) atoms. The van der Waals surface area contributed by atoms with E-state index < -0.39 is 47.2 Å². The summed E-state index contributed by atoms with van der Waals surface area (Å²) in [5.74, 6) is -8.41. The van der Waals surface area contributed by atoms with E-state index in [2.05, 4.69) is 0 Å². The minimum atomic E-state index is -1.38. The van der Waals surface area contributed by atoms with Crippen molar-refractivity contribution in [2.24, 2.45) is 23.7 Å². The van der Waals surface area contributed by atoms with Crippen LogP contribution in [0.1, 0.15) is 6.42 Å². The van der Waals surface area contributed by atoms with Crippen LogP contribution in [0.2, 0.25) is 0 Å². The summed E-state index contributed by atoms with van der Waals surface area (Å²) in [6.45, 7) is 0. The van der Waals surface area contributed by atoms with E-state index in [-0.39, 0.29) is 6.42 Å². The highest BCUT2D eigenvalue weighted by molar-refractivity contribution is 6.16. The van der Waals surface area contributed by atoms with Gasteiger partial charge in [-0.05, 0) is 0 Å². The molecule has 0 aliphatic heterocycles. The molecular weight excluding hydrogens is 204 g/mol. The van der Waals surface area contributed by atoms with Crippen molar-refractivity contribution in [1.82, 2.24) is 0 Å². The average Bonchev–Trinajstić information content (AvgIpc) is 2.54. The number of hydrogen-bond acceptors (Lipinski definition) is 4. The zero-order valence-electron chi connectivity index (χ0n) is 7.54. The van der Waals surface area contributed by atoms with Crippen molar-refractivity contribution in [2.45, 2.75) is 6.42 Å². The molecule has 0 radical (unpaired) electrons. The van der Waals surface area contributed by atoms with Crippen molar-refractivity contribution in [3.8, 4) is 0 Å². The van der Waals surface area contributed by atoms with Crippen LogP contribution in [0.5, 0.6) is 0 Å². The lowest BCUT2D eigenvalue weighted by molar-refractivity contribution is -0.158. The van der Waals surface area contributed by atoms with E-state index in [1.165, 1.54) is 0 Å². The number of fused-ring (bicyclic) bond motifs is 2. The normalized spacial score (nSPS) is 38.4. The maximum absolute atomic E-state index is 11.5. The molecular formula is C9H8O6. The molecule has 0 aromatic heterocycles. The first-order valence-electron chi connectivity index (χ1n) is 4.47. The topological polar surface area (TPSA) is 109 Å². The molecule has 0 heterocycles. The van der Waals surface area contributed by atoms with E-state index in [1.54, 1.807) is 0 Å². The van der Waals surface area contributed by atoms with Gasteiger partial charge in [0.05, 0.1) is 17.8 Å². The van der Waals surface area contributed by atoms with Crippen LogP contribution >= 0.6 is 0 Å². The summed E-state index contributed by atoms with van der Waals surface area (Å²) >= 11 is 0. The number of carboxylic acid groups (broad SMARTS) is 2. The highest BCUT2D eigenvalue weighted by Gasteiger charge is 2.63. The van der Waals surface area contributed by atoms with Gasteiger partial charge in [-0.25, -0.2) is 0 Å². The molecule has 6 heteroatoms. The van der Waals surface area contributed by atoms with Gasteiger partial charge in [-0.15, -0.1) is 0 Å². The number of hydrogen-bond donors (Lipinski definition) is 2. The van der Waals surface area contributed by atoms with Crippen molar-refractivity contribution in [1.29, 1.82) is 0 Å². The molecule has 80 valence electrons. The number of carbonyl (C=O) groups excluding carboxylic acids is 2. The molecule has 2 fully saturated rings. The Balaban J connectivity index is 2.44. The fourth-order valence-electron chi connectivity index (χ4n) is 2.59. The Morgan fingerprint density at radius 3 is 2.07 bits per heavy atom. The van der Waals surface area contributed by atoms with Crippen molar-refractivity contribution < 1.29 is 29.4 Å². The lowest BCUT2D eigenvalue weighted by Crippen LogP contribution is -2.38. The van der Waals surface area contributed by atoms with Gasteiger partial charge in [0.15, 0.2) is 0 Å². The third kappa shape index (κ3) is 1.10. The molecule has 0 aromatic rings. The van der Waals surface area contributed by atoms with Crippen LogP contribution < -0.4 is 0 Å². The molecule has 2 aliphatic rings. The Hall–Kier alpha value is -1.72. The van der Waals surface area contributed by atoms with Gasteiger partial charge in [-0.3, -0.25) is 19.2 Å². The summed E-state index contributed by atoms with van der Waals surface area (Å²) in [6.07, 6.45) is -0.121. The molecule has 2 aliphatic carbocycles. The first-order chi connectivity index (χ1) is 6.95. The Bertz CT molecular complexity index is 384. The summed E-state index contributed by atoms with van der Waals surface area (Å²) in [6, 6.07) is 0. The van der Waals surface area contributed by atoms with Crippen molar-refractivity contribution in [3.63, 3.8) is 0 Å². The maximum Gasteiger partial charge on any atom is 0.308 e. The van der Waals surface area contributed by atoms with E-state index in [4.69, 9.17) is 10.2 Å². The molecule has 0 spiro atoms. The van der Waals surface area contributed by atoms with Crippen molar-refractivity contribution in [2.75, 3.05) is 0 Å². The molecule has 0 saturated heterocycles. The first-order valence-corrected chi connectivity index (χ1v) is 4.47. The van der Waals surface area contributed by atoms with Gasteiger partial charge in [0.1, 0.15) is 11.6 Å². The second kappa shape index (κ2) is 2.88. The third-order valence-electron chi connectivity index (χ3n) is 3.19. The Labute approximate surface area is 83.9 Å². The van der Waals surface area contributed by atoms with Gasteiger partial charge in [0.25, 0.3) is 0 Å². The number of carbonyl (C=O) groups is 4. The smallest absolute Gasteiger partial charge is 0.308 e. The van der Waals surface area contributed by atoms with Crippen molar-refractivity contribution in [3.05, 3.63) is 0 Å². The fourth-order valence-corrected chi connectivity index (χ4v) is 2.59. The van der Waals surface area contributed by atoms with Crippen molar-refractivity contribution >= 4 is 23.5 Å². The molecule has 4 atom stereocenters. The van der Waals surface area contributed by atoms with E-state index >= 15 is 0 Å². The average molecular weight is 212 g/mol. The number of carboxylic acids is 2. The van der Waals surface area contributed by atoms with Crippen LogP contribution in [0.25, 0.3) is 0 Å². The number of Topliss-reactive ketones (excluding diaryl/α,β-unsaturated/α-hetero) is 2. The van der Waals surface area contributed by atoms with Gasteiger partial charge < -0.3 is 10.2 Å². The van der Waals surface area contributed by atoms with Gasteiger partial charge in [-0.1, -0.05) is 0 Å². The third-order valence-corrected chi connectivity index (χ3v) is 3.19. The fraction of sp³-hybridized carbons (Fsp3) is 0.556. The Morgan fingerprint density at radius 2 is 1.60 bits per heavy atom. The minimum absolute atomic E-state index is 0.121. The standard InChI is InChI=1S/C9H8O6/c10-3-1-2-4(8(12)13)6(9(14)15)5(3)7(2)11/h2,4-6H,1H2,(H,12,13)(H,14,15)/t2-,4-,5+,6+/m0/s1. The number of rotatable bonds is 2. The zero-order chi connectivity index (χ0) is 11.3. The molecule has 2 rings (SSSR count). The van der Waals surface area contributed by atoms with Crippen LogP contribution in [0.4, 0.5) is 0 Å². The quantitative estimate of drug-likeness (QED) is 0.578. The van der Waals surface area contributed by atoms with Gasteiger partial charge in [0, 0.05) is 12.3 Å². The van der Waals surface area contributed by atoms with Crippen LogP contribution in [0, 0.1) is 23.7 Å². The van der Waals surface area contributed by atoms with Crippen LogP contribution in [-0.2, 0) is 19.2 Å². The minimum Gasteiger partial charge on any atom is -0.481 e. The highest BCUT2D eigenvalue weighted by atomic mass is 16.4. The summed E-state index contributed by atoms with van der Waals surface area (Å²) < 4.78 is 0. The number of aliphatic carboxylic acids is 2. The molecule has 2 saturated carbocycles. The maximum atomic E-state index is 11.5. The summed E-state index contributed by atoms with van der Waals surface area (Å²) in [7, 11) is 0. The van der Waals surface area contributed by atoms with Crippen LogP contribution in [0.15, 0.2) is 0 Å². The van der Waals surface area contributed by atoms with Gasteiger partial charge in [-0.2, -0.15) is 0 Å². The summed E-state index contributed by atoms with van der Waals surface area (Å²) in [5.41, 5.74) is 0. The molecule has 0 unspecified atom stereocenters. The second-order valence-electron chi connectivity index (χ2n) is 3.89. The van der Waals surface area contributed by atoms with E-state index in [9.17, 15) is 19.2 Å². The van der Waals surface area contributed by atoms with E-state index in [0.717, 1.165) is 0 Å². The monoisotopic (exact) mass is 212 g/mol. The molecule has 0 aromatic carbocycles. The second-order valence-corrected chi connectivity index (χ2v) is 3.89. The predicted molar refractivity (Wildman–Crippen MR) is 43.9 cm³/mol. The molecule has 2 N–H and O–H groups in total. The number of ketones is 2. The van der Waals surface area contributed by atoms with E-state index in [0.29, 0.717) is 0 Å². The Morgan fingerprint density at radius 1 is 1.07 bits per heavy atom. The van der Waals surface area contributed by atoms with Crippen LogP contribution in [0.3, 0.4) is 0 Å². The lowest BCUT2D eigenvalue weighted by Gasteiger charge is -2.21. The predicted octanol–water partition coefficient (Wildman–Crippen LogP) is -0.824. The highest BCUT2D eigenvalue weighted by Crippen LogP contribution is 2.47. The Kier molecular flexibility index (Phi) is 1.89. The van der Waals surface area contributed by atoms with E-state index in [1.807, 2.05) is 0 Å². The first kappa shape index (κ1) is 9.82. The largest absolute Gasteiger partial charge is 0.481 e. The zero-order valence-corrected chi connectivity index (χ0v) is 7.54.